The fourth-order valence-electron chi connectivity index (χ4n) is 3.93. The molecule has 0 amide bonds. The van der Waals surface area contributed by atoms with Crippen LogP contribution in [0.3, 0.4) is 0 Å². The minimum absolute atomic E-state index is 0.0702. The summed E-state index contributed by atoms with van der Waals surface area (Å²) < 4.78 is 6.37. The van der Waals surface area contributed by atoms with Crippen molar-refractivity contribution < 1.29 is 4.42 Å². The fourth-order valence-corrected chi connectivity index (χ4v) is 4.44. The highest BCUT2D eigenvalue weighted by Crippen LogP contribution is 2.40. The summed E-state index contributed by atoms with van der Waals surface area (Å²) in [5, 5.41) is 4.94. The number of aryl methyl sites for hydroxylation is 1. The molecule has 2 atom stereocenters. The van der Waals surface area contributed by atoms with E-state index in [0.29, 0.717) is 0 Å². The second-order valence-electron chi connectivity index (χ2n) is 8.14. The van der Waals surface area contributed by atoms with E-state index in [0.717, 1.165) is 58.0 Å². The first-order chi connectivity index (χ1) is 14.9. The zero-order valence-corrected chi connectivity index (χ0v) is 19.6. The molecular formula is C24H27ClN4OS. The van der Waals surface area contributed by atoms with Gasteiger partial charge in [-0.25, -0.2) is 0 Å². The summed E-state index contributed by atoms with van der Waals surface area (Å²) >= 11 is 12.1. The SMILES string of the molecule is Cc1ccc(-c2ccc(C3C(c4ccccn4)NC(=S)N3CCCN(C)C)o2)cc1Cl. The molecule has 0 saturated carbocycles. The Bertz CT molecular complexity index is 1050. The van der Waals surface area contributed by atoms with E-state index < -0.39 is 0 Å². The van der Waals surface area contributed by atoms with Crippen LogP contribution in [0.1, 0.15) is 35.5 Å². The molecule has 0 radical (unpaired) electrons. The van der Waals surface area contributed by atoms with Gasteiger partial charge in [0.25, 0.3) is 0 Å². The van der Waals surface area contributed by atoms with Crippen LogP contribution in [0.15, 0.2) is 59.1 Å². The van der Waals surface area contributed by atoms with Crippen molar-refractivity contribution in [3.8, 4) is 11.3 Å². The molecule has 2 unspecified atom stereocenters. The quantitative estimate of drug-likeness (QED) is 0.493. The molecule has 0 bridgehead atoms. The third-order valence-electron chi connectivity index (χ3n) is 5.58. The molecule has 162 valence electrons. The molecule has 4 rings (SSSR count). The van der Waals surface area contributed by atoms with Gasteiger partial charge in [0.15, 0.2) is 5.11 Å². The molecule has 0 spiro atoms. The number of hydrogen-bond acceptors (Lipinski definition) is 4. The number of benzene rings is 1. The van der Waals surface area contributed by atoms with Gasteiger partial charge in [-0.05, 0) is 82.1 Å². The fraction of sp³-hybridized carbons (Fsp3) is 0.333. The third-order valence-corrected chi connectivity index (χ3v) is 6.34. The van der Waals surface area contributed by atoms with Crippen LogP contribution in [0.5, 0.6) is 0 Å². The number of furan rings is 1. The first kappa shape index (κ1) is 21.8. The highest BCUT2D eigenvalue weighted by Gasteiger charge is 2.41. The Morgan fingerprint density at radius 1 is 1.19 bits per heavy atom. The first-order valence-electron chi connectivity index (χ1n) is 10.4. The molecule has 2 aromatic heterocycles. The van der Waals surface area contributed by atoms with Crippen LogP contribution in [-0.4, -0.2) is 47.1 Å². The van der Waals surface area contributed by atoms with Crippen LogP contribution in [0.2, 0.25) is 5.02 Å². The topological polar surface area (TPSA) is 44.5 Å². The highest BCUT2D eigenvalue weighted by molar-refractivity contribution is 7.80. The summed E-state index contributed by atoms with van der Waals surface area (Å²) in [4.78, 5) is 8.99. The normalized spacial score (nSPS) is 18.6. The average molecular weight is 455 g/mol. The van der Waals surface area contributed by atoms with Gasteiger partial charge >= 0.3 is 0 Å². The van der Waals surface area contributed by atoms with E-state index in [9.17, 15) is 0 Å². The Hall–Kier alpha value is -2.41. The maximum atomic E-state index is 6.37. The molecule has 1 N–H and O–H groups in total. The summed E-state index contributed by atoms with van der Waals surface area (Å²) in [6.45, 7) is 3.82. The zero-order valence-electron chi connectivity index (χ0n) is 18.0. The number of halogens is 1. The monoisotopic (exact) mass is 454 g/mol. The van der Waals surface area contributed by atoms with Crippen LogP contribution in [0.25, 0.3) is 11.3 Å². The predicted molar refractivity (Wildman–Crippen MR) is 129 cm³/mol. The maximum absolute atomic E-state index is 6.37. The van der Waals surface area contributed by atoms with Gasteiger partial charge in [0.2, 0.25) is 0 Å². The number of nitrogens with one attached hydrogen (secondary N) is 1. The third kappa shape index (κ3) is 4.76. The van der Waals surface area contributed by atoms with Crippen molar-refractivity contribution in [1.82, 2.24) is 20.1 Å². The molecule has 7 heteroatoms. The van der Waals surface area contributed by atoms with Crippen LogP contribution in [-0.2, 0) is 0 Å². The number of aromatic nitrogens is 1. The molecule has 1 fully saturated rings. The lowest BCUT2D eigenvalue weighted by Crippen LogP contribution is -2.32. The Labute approximate surface area is 194 Å². The summed E-state index contributed by atoms with van der Waals surface area (Å²) in [7, 11) is 4.17. The zero-order chi connectivity index (χ0) is 22.0. The van der Waals surface area contributed by atoms with Crippen LogP contribution in [0.4, 0.5) is 0 Å². The second-order valence-corrected chi connectivity index (χ2v) is 8.94. The van der Waals surface area contributed by atoms with Crippen molar-refractivity contribution in [2.75, 3.05) is 27.2 Å². The van der Waals surface area contributed by atoms with Crippen molar-refractivity contribution >= 4 is 28.9 Å². The van der Waals surface area contributed by atoms with Gasteiger partial charge < -0.3 is 19.5 Å². The van der Waals surface area contributed by atoms with Gasteiger partial charge in [-0.3, -0.25) is 4.98 Å². The van der Waals surface area contributed by atoms with E-state index in [-0.39, 0.29) is 12.1 Å². The molecule has 1 aromatic carbocycles. The molecule has 3 aromatic rings. The van der Waals surface area contributed by atoms with Crippen LogP contribution < -0.4 is 5.32 Å². The van der Waals surface area contributed by atoms with Crippen molar-refractivity contribution in [2.45, 2.75) is 25.4 Å². The smallest absolute Gasteiger partial charge is 0.170 e. The Morgan fingerprint density at radius 3 is 2.74 bits per heavy atom. The summed E-state index contributed by atoms with van der Waals surface area (Å²) in [5.74, 6) is 1.65. The molecule has 5 nitrogen and oxygen atoms in total. The van der Waals surface area contributed by atoms with Gasteiger partial charge in [0, 0.05) is 23.3 Å². The largest absolute Gasteiger partial charge is 0.459 e. The van der Waals surface area contributed by atoms with E-state index in [1.165, 1.54) is 0 Å². The number of hydrogen-bond donors (Lipinski definition) is 1. The van der Waals surface area contributed by atoms with Gasteiger partial charge in [0.1, 0.15) is 17.6 Å². The number of rotatable bonds is 7. The van der Waals surface area contributed by atoms with Crippen LogP contribution in [0, 0.1) is 6.92 Å². The molecule has 1 aliphatic heterocycles. The average Bonchev–Trinajstić information content (AvgIpc) is 3.35. The van der Waals surface area contributed by atoms with Gasteiger partial charge in [-0.2, -0.15) is 0 Å². The lowest BCUT2D eigenvalue weighted by molar-refractivity contribution is 0.261. The number of nitrogens with zero attached hydrogens (tertiary/aromatic N) is 3. The Kier molecular flexibility index (Phi) is 6.60. The highest BCUT2D eigenvalue weighted by atomic mass is 35.5. The maximum Gasteiger partial charge on any atom is 0.170 e. The lowest BCUT2D eigenvalue weighted by atomic mass is 10.0. The molecule has 1 saturated heterocycles. The molecule has 31 heavy (non-hydrogen) atoms. The van der Waals surface area contributed by atoms with E-state index in [1.807, 2.05) is 61.7 Å². The molecule has 1 aliphatic rings. The molecular weight excluding hydrogens is 428 g/mol. The summed E-state index contributed by atoms with van der Waals surface area (Å²) in [6, 6.07) is 15.8. The minimum Gasteiger partial charge on any atom is -0.459 e. The van der Waals surface area contributed by atoms with E-state index in [1.54, 1.807) is 0 Å². The van der Waals surface area contributed by atoms with E-state index in [2.05, 4.69) is 34.2 Å². The van der Waals surface area contributed by atoms with Crippen molar-refractivity contribution in [1.29, 1.82) is 0 Å². The number of pyridine rings is 1. The van der Waals surface area contributed by atoms with Gasteiger partial charge in [-0.15, -0.1) is 0 Å². The lowest BCUT2D eigenvalue weighted by Gasteiger charge is -2.26. The van der Waals surface area contributed by atoms with Gasteiger partial charge in [0.05, 0.1) is 11.7 Å². The molecule has 3 heterocycles. The minimum atomic E-state index is -0.0753. The first-order valence-corrected chi connectivity index (χ1v) is 11.2. The van der Waals surface area contributed by atoms with Crippen molar-refractivity contribution in [2.24, 2.45) is 0 Å². The van der Waals surface area contributed by atoms with Crippen LogP contribution >= 0.6 is 23.8 Å². The summed E-state index contributed by atoms with van der Waals surface area (Å²) in [6.07, 6.45) is 2.81. The number of thiocarbonyl (C=S) groups is 1. The standard InChI is InChI=1S/C24H27ClN4OS/c1-16-8-9-17(15-18(16)25)20-10-11-21(30-20)23-22(19-7-4-5-12-26-19)27-24(31)29(23)14-6-13-28(2)3/h4-5,7-12,15,22-23H,6,13-14H2,1-3H3,(H,27,31). The van der Waals surface area contributed by atoms with E-state index in [4.69, 9.17) is 28.2 Å². The van der Waals surface area contributed by atoms with Crippen molar-refractivity contribution in [3.05, 3.63) is 76.8 Å². The van der Waals surface area contributed by atoms with Gasteiger partial charge in [-0.1, -0.05) is 29.8 Å². The van der Waals surface area contributed by atoms with E-state index >= 15 is 0 Å². The second kappa shape index (κ2) is 9.39. The predicted octanol–water partition coefficient (Wildman–Crippen LogP) is 5.23. The Balaban J connectivity index is 1.67. The molecule has 0 aliphatic carbocycles. The van der Waals surface area contributed by atoms with Crippen molar-refractivity contribution in [3.63, 3.8) is 0 Å². The Morgan fingerprint density at radius 2 is 2.03 bits per heavy atom. The summed E-state index contributed by atoms with van der Waals surface area (Å²) in [5.41, 5.74) is 2.95.